The molecule has 1 fully saturated rings. The van der Waals surface area contributed by atoms with Crippen LogP contribution in [-0.2, 0) is 4.79 Å². The molecule has 2 unspecified atom stereocenters. The fraction of sp³-hybridized carbons (Fsp3) is 0.238. The van der Waals surface area contributed by atoms with Gasteiger partial charge < -0.3 is 5.32 Å². The van der Waals surface area contributed by atoms with Crippen LogP contribution in [0.2, 0.25) is 5.02 Å². The fourth-order valence-electron chi connectivity index (χ4n) is 3.46. The molecule has 1 aliphatic carbocycles. The maximum Gasteiger partial charge on any atom is 0.228 e. The summed E-state index contributed by atoms with van der Waals surface area (Å²) in [5, 5.41) is 8.40. The Morgan fingerprint density at radius 1 is 1.12 bits per heavy atom. The Hall–Kier alpha value is -2.59. The molecule has 1 aromatic heterocycles. The minimum Gasteiger partial charge on any atom is -0.323 e. The van der Waals surface area contributed by atoms with Crippen LogP contribution >= 0.6 is 11.6 Å². The Kier molecular flexibility index (Phi) is 4.29. The number of carbonyl (C=O) groups excluding carboxylic acids is 1. The zero-order valence-electron chi connectivity index (χ0n) is 14.7. The van der Waals surface area contributed by atoms with Crippen molar-refractivity contribution in [3.63, 3.8) is 0 Å². The first-order valence-electron chi connectivity index (χ1n) is 8.73. The molecule has 26 heavy (non-hydrogen) atoms. The lowest BCUT2D eigenvalue weighted by Crippen LogP contribution is -2.15. The predicted molar refractivity (Wildman–Crippen MR) is 104 cm³/mol. The SMILES string of the molecule is Cc1nn(-c2ccccc2)c(C)c1NC(=O)C1CC1c1ccccc1Cl. The van der Waals surface area contributed by atoms with E-state index in [1.807, 2.05) is 73.1 Å². The number of para-hydroxylation sites is 1. The van der Waals surface area contributed by atoms with Gasteiger partial charge in [-0.1, -0.05) is 48.0 Å². The fourth-order valence-corrected chi connectivity index (χ4v) is 3.74. The normalized spacial score (nSPS) is 18.6. The molecule has 4 nitrogen and oxygen atoms in total. The van der Waals surface area contributed by atoms with Gasteiger partial charge in [-0.3, -0.25) is 4.79 Å². The first-order valence-corrected chi connectivity index (χ1v) is 9.11. The second-order valence-corrected chi connectivity index (χ2v) is 7.16. The Bertz CT molecular complexity index is 965. The van der Waals surface area contributed by atoms with E-state index in [4.69, 9.17) is 11.6 Å². The number of hydrogen-bond acceptors (Lipinski definition) is 2. The molecule has 4 rings (SSSR count). The van der Waals surface area contributed by atoms with Gasteiger partial charge in [0.2, 0.25) is 5.91 Å². The average Bonchev–Trinajstić information content (AvgIpc) is 3.40. The molecular weight excluding hydrogens is 346 g/mol. The number of aryl methyl sites for hydroxylation is 1. The molecule has 0 saturated heterocycles. The van der Waals surface area contributed by atoms with Crippen molar-refractivity contribution >= 4 is 23.2 Å². The highest BCUT2D eigenvalue weighted by molar-refractivity contribution is 6.31. The molecule has 2 atom stereocenters. The number of amides is 1. The number of hydrogen-bond donors (Lipinski definition) is 1. The predicted octanol–water partition coefficient (Wildman–Crippen LogP) is 4.88. The third-order valence-electron chi connectivity index (χ3n) is 4.97. The molecule has 1 aliphatic rings. The molecule has 132 valence electrons. The molecular formula is C21H20ClN3O. The third kappa shape index (κ3) is 3.01. The molecule has 2 aromatic carbocycles. The zero-order chi connectivity index (χ0) is 18.3. The van der Waals surface area contributed by atoms with E-state index in [0.29, 0.717) is 0 Å². The first-order chi connectivity index (χ1) is 12.6. The molecule has 0 spiro atoms. The van der Waals surface area contributed by atoms with Gasteiger partial charge in [-0.15, -0.1) is 0 Å². The average molecular weight is 366 g/mol. The monoisotopic (exact) mass is 365 g/mol. The summed E-state index contributed by atoms with van der Waals surface area (Å²) in [6.45, 7) is 3.89. The molecule has 1 heterocycles. The molecule has 1 saturated carbocycles. The lowest BCUT2D eigenvalue weighted by molar-refractivity contribution is -0.117. The van der Waals surface area contributed by atoms with Crippen LogP contribution in [0.25, 0.3) is 5.69 Å². The second kappa shape index (κ2) is 6.61. The van der Waals surface area contributed by atoms with Crippen molar-refractivity contribution in [3.8, 4) is 5.69 Å². The standard InChI is InChI=1S/C21H20ClN3O/c1-13-20(14(2)25(24-13)15-8-4-3-5-9-15)23-21(26)18-12-17(18)16-10-6-7-11-19(16)22/h3-11,17-18H,12H2,1-2H3,(H,23,26). The van der Waals surface area contributed by atoms with Crippen LogP contribution in [0.15, 0.2) is 54.6 Å². The van der Waals surface area contributed by atoms with Crippen molar-refractivity contribution in [2.24, 2.45) is 5.92 Å². The summed E-state index contributed by atoms with van der Waals surface area (Å²) in [5.41, 5.74) is 4.58. The number of aromatic nitrogens is 2. The van der Waals surface area contributed by atoms with Crippen LogP contribution in [-0.4, -0.2) is 15.7 Å². The number of halogens is 1. The van der Waals surface area contributed by atoms with Gasteiger partial charge in [0.1, 0.15) is 0 Å². The Morgan fingerprint density at radius 2 is 1.81 bits per heavy atom. The molecule has 0 bridgehead atoms. The minimum atomic E-state index is -0.0335. The lowest BCUT2D eigenvalue weighted by atomic mass is 10.1. The minimum absolute atomic E-state index is 0.0335. The summed E-state index contributed by atoms with van der Waals surface area (Å²) < 4.78 is 1.86. The Balaban J connectivity index is 1.53. The quantitative estimate of drug-likeness (QED) is 0.715. The number of anilines is 1. The molecule has 0 aliphatic heterocycles. The van der Waals surface area contributed by atoms with Gasteiger partial charge in [0.05, 0.1) is 22.8 Å². The van der Waals surface area contributed by atoms with Crippen LogP contribution < -0.4 is 5.32 Å². The van der Waals surface area contributed by atoms with E-state index in [1.54, 1.807) is 0 Å². The third-order valence-corrected chi connectivity index (χ3v) is 5.32. The van der Waals surface area contributed by atoms with Gasteiger partial charge >= 0.3 is 0 Å². The maximum absolute atomic E-state index is 12.7. The van der Waals surface area contributed by atoms with Crippen molar-refractivity contribution in [2.45, 2.75) is 26.2 Å². The van der Waals surface area contributed by atoms with Crippen LogP contribution in [0.3, 0.4) is 0 Å². The van der Waals surface area contributed by atoms with E-state index in [-0.39, 0.29) is 17.7 Å². The van der Waals surface area contributed by atoms with E-state index >= 15 is 0 Å². The maximum atomic E-state index is 12.7. The smallest absolute Gasteiger partial charge is 0.228 e. The van der Waals surface area contributed by atoms with Gasteiger partial charge in [-0.25, -0.2) is 4.68 Å². The number of nitrogens with one attached hydrogen (secondary N) is 1. The number of carbonyl (C=O) groups is 1. The molecule has 5 heteroatoms. The Labute approximate surface area is 157 Å². The second-order valence-electron chi connectivity index (χ2n) is 6.75. The first kappa shape index (κ1) is 16.9. The van der Waals surface area contributed by atoms with Crippen LogP contribution in [0, 0.1) is 19.8 Å². The van der Waals surface area contributed by atoms with Crippen LogP contribution in [0.4, 0.5) is 5.69 Å². The molecule has 0 radical (unpaired) electrons. The summed E-state index contributed by atoms with van der Waals surface area (Å²) in [7, 11) is 0. The zero-order valence-corrected chi connectivity index (χ0v) is 15.5. The summed E-state index contributed by atoms with van der Waals surface area (Å²) in [6.07, 6.45) is 0.834. The van der Waals surface area contributed by atoms with Gasteiger partial charge in [0, 0.05) is 10.9 Å². The van der Waals surface area contributed by atoms with E-state index < -0.39 is 0 Å². The summed E-state index contributed by atoms with van der Waals surface area (Å²) in [4.78, 5) is 12.7. The number of benzene rings is 2. The van der Waals surface area contributed by atoms with Crippen LogP contribution in [0.1, 0.15) is 29.3 Å². The summed E-state index contributed by atoms with van der Waals surface area (Å²) >= 11 is 6.27. The van der Waals surface area contributed by atoms with Crippen molar-refractivity contribution < 1.29 is 4.79 Å². The number of rotatable bonds is 4. The van der Waals surface area contributed by atoms with Crippen molar-refractivity contribution in [1.82, 2.24) is 9.78 Å². The molecule has 3 aromatic rings. The van der Waals surface area contributed by atoms with Gasteiger partial charge in [0.15, 0.2) is 0 Å². The lowest BCUT2D eigenvalue weighted by Gasteiger charge is -2.07. The largest absolute Gasteiger partial charge is 0.323 e. The number of nitrogens with zero attached hydrogens (tertiary/aromatic N) is 2. The van der Waals surface area contributed by atoms with Gasteiger partial charge in [0.25, 0.3) is 0 Å². The van der Waals surface area contributed by atoms with Gasteiger partial charge in [-0.05, 0) is 49.9 Å². The van der Waals surface area contributed by atoms with E-state index in [2.05, 4.69) is 10.4 Å². The van der Waals surface area contributed by atoms with Crippen molar-refractivity contribution in [3.05, 3.63) is 76.6 Å². The Morgan fingerprint density at radius 3 is 2.54 bits per heavy atom. The van der Waals surface area contributed by atoms with Crippen LogP contribution in [0.5, 0.6) is 0 Å². The summed E-state index contributed by atoms with van der Waals surface area (Å²) in [6, 6.07) is 17.7. The van der Waals surface area contributed by atoms with E-state index in [1.165, 1.54) is 0 Å². The van der Waals surface area contributed by atoms with Crippen molar-refractivity contribution in [2.75, 3.05) is 5.32 Å². The molecule has 1 N–H and O–H groups in total. The van der Waals surface area contributed by atoms with E-state index in [0.717, 1.165) is 39.8 Å². The molecule has 1 amide bonds. The highest BCUT2D eigenvalue weighted by Crippen LogP contribution is 2.50. The highest BCUT2D eigenvalue weighted by atomic mass is 35.5. The summed E-state index contributed by atoms with van der Waals surface area (Å²) in [5.74, 6) is 0.205. The highest BCUT2D eigenvalue weighted by Gasteiger charge is 2.45. The van der Waals surface area contributed by atoms with E-state index in [9.17, 15) is 4.79 Å². The van der Waals surface area contributed by atoms with Crippen molar-refractivity contribution in [1.29, 1.82) is 0 Å². The van der Waals surface area contributed by atoms with Gasteiger partial charge in [-0.2, -0.15) is 5.10 Å². The topological polar surface area (TPSA) is 46.9 Å².